The highest BCUT2D eigenvalue weighted by molar-refractivity contribution is 6.10. The third kappa shape index (κ3) is 5.74. The van der Waals surface area contributed by atoms with Gasteiger partial charge in [0, 0.05) is 24.2 Å². The Morgan fingerprint density at radius 2 is 1.71 bits per heavy atom. The highest BCUT2D eigenvalue weighted by Crippen LogP contribution is 2.23. The standard InChI is InChI=1S/C26H30N6O3/c1-17-30-31-24-23(27-14-8-9-15-28-25(34)35-26(2,3)4)29-20-16-19(12-13-21(20)32(17)24)22(33)18-10-6-5-7-11-18/h5-7,10-13,16H,8-9,14-15H2,1-4H3,(H,27,29)(H,28,34). The zero-order chi connectivity index (χ0) is 25.0. The van der Waals surface area contributed by atoms with Gasteiger partial charge in [-0.25, -0.2) is 9.78 Å². The molecule has 0 unspecified atom stereocenters. The molecule has 0 fully saturated rings. The lowest BCUT2D eigenvalue weighted by molar-refractivity contribution is 0.0527. The highest BCUT2D eigenvalue weighted by Gasteiger charge is 2.17. The van der Waals surface area contributed by atoms with E-state index in [-0.39, 0.29) is 5.78 Å². The van der Waals surface area contributed by atoms with Crippen molar-refractivity contribution in [3.63, 3.8) is 0 Å². The SMILES string of the molecule is Cc1nnc2c(NCCCCNC(=O)OC(C)(C)C)nc3cc(C(=O)c4ccccc4)ccc3n12. The summed E-state index contributed by atoms with van der Waals surface area (Å²) in [5, 5.41) is 14.6. The topological polar surface area (TPSA) is 111 Å². The van der Waals surface area contributed by atoms with Crippen LogP contribution in [-0.2, 0) is 4.74 Å². The molecule has 0 saturated heterocycles. The lowest BCUT2D eigenvalue weighted by Gasteiger charge is -2.19. The fourth-order valence-electron chi connectivity index (χ4n) is 3.75. The summed E-state index contributed by atoms with van der Waals surface area (Å²) in [7, 11) is 0. The Morgan fingerprint density at radius 1 is 0.971 bits per heavy atom. The van der Waals surface area contributed by atoms with Gasteiger partial charge in [0.15, 0.2) is 11.6 Å². The van der Waals surface area contributed by atoms with Crippen molar-refractivity contribution in [3.8, 4) is 0 Å². The van der Waals surface area contributed by atoms with Gasteiger partial charge in [-0.15, -0.1) is 10.2 Å². The highest BCUT2D eigenvalue weighted by atomic mass is 16.6. The van der Waals surface area contributed by atoms with Crippen LogP contribution in [0, 0.1) is 6.92 Å². The van der Waals surface area contributed by atoms with Gasteiger partial charge in [-0.2, -0.15) is 0 Å². The summed E-state index contributed by atoms with van der Waals surface area (Å²) >= 11 is 0. The molecule has 0 atom stereocenters. The molecule has 35 heavy (non-hydrogen) atoms. The first-order chi connectivity index (χ1) is 16.7. The van der Waals surface area contributed by atoms with Crippen LogP contribution in [0.4, 0.5) is 10.6 Å². The molecule has 4 aromatic rings. The summed E-state index contributed by atoms with van der Waals surface area (Å²) in [6.45, 7) is 8.54. The molecule has 0 radical (unpaired) electrons. The number of carbonyl (C=O) groups is 2. The van der Waals surface area contributed by atoms with Gasteiger partial charge >= 0.3 is 6.09 Å². The van der Waals surface area contributed by atoms with E-state index >= 15 is 0 Å². The minimum absolute atomic E-state index is 0.0538. The van der Waals surface area contributed by atoms with Crippen LogP contribution in [0.1, 0.15) is 55.4 Å². The first kappa shape index (κ1) is 24.1. The number of amides is 1. The Bertz CT molecular complexity index is 1360. The van der Waals surface area contributed by atoms with E-state index in [1.807, 2.05) is 62.4 Å². The molecule has 2 heterocycles. The number of unbranched alkanes of at least 4 members (excludes halogenated alkanes) is 1. The van der Waals surface area contributed by atoms with Gasteiger partial charge in [-0.05, 0) is 58.7 Å². The Hall–Kier alpha value is -4.01. The van der Waals surface area contributed by atoms with Crippen LogP contribution in [0.25, 0.3) is 16.7 Å². The lowest BCUT2D eigenvalue weighted by atomic mass is 10.0. The number of hydrogen-bond acceptors (Lipinski definition) is 7. The molecule has 4 rings (SSSR count). The van der Waals surface area contributed by atoms with E-state index in [0.29, 0.717) is 41.2 Å². The number of aromatic nitrogens is 4. The molecule has 0 spiro atoms. The zero-order valence-corrected chi connectivity index (χ0v) is 20.5. The van der Waals surface area contributed by atoms with Crippen molar-refractivity contribution in [3.05, 3.63) is 65.5 Å². The Morgan fingerprint density at radius 3 is 2.46 bits per heavy atom. The molecule has 2 aromatic heterocycles. The second-order valence-corrected chi connectivity index (χ2v) is 9.33. The number of nitrogens with one attached hydrogen (secondary N) is 2. The van der Waals surface area contributed by atoms with Crippen LogP contribution < -0.4 is 10.6 Å². The first-order valence-electron chi connectivity index (χ1n) is 11.7. The molecule has 0 aliphatic heterocycles. The fourth-order valence-corrected chi connectivity index (χ4v) is 3.75. The Kier molecular flexibility index (Phi) is 6.95. The molecule has 2 aromatic carbocycles. The van der Waals surface area contributed by atoms with E-state index in [9.17, 15) is 9.59 Å². The maximum Gasteiger partial charge on any atom is 0.407 e. The van der Waals surface area contributed by atoms with E-state index in [4.69, 9.17) is 9.72 Å². The van der Waals surface area contributed by atoms with Crippen LogP contribution in [0.15, 0.2) is 48.5 Å². The number of aryl methyl sites for hydroxylation is 1. The third-order valence-corrected chi connectivity index (χ3v) is 5.35. The summed E-state index contributed by atoms with van der Waals surface area (Å²) in [4.78, 5) is 29.5. The zero-order valence-electron chi connectivity index (χ0n) is 20.5. The molecule has 9 nitrogen and oxygen atoms in total. The number of rotatable bonds is 8. The van der Waals surface area contributed by atoms with E-state index in [0.717, 1.165) is 24.2 Å². The number of carbonyl (C=O) groups excluding carboxylic acids is 2. The monoisotopic (exact) mass is 474 g/mol. The molecule has 0 saturated carbocycles. The number of fused-ring (bicyclic) bond motifs is 3. The second-order valence-electron chi connectivity index (χ2n) is 9.33. The second kappa shape index (κ2) is 10.1. The maximum atomic E-state index is 12.9. The van der Waals surface area contributed by atoms with Crippen LogP contribution in [0.3, 0.4) is 0 Å². The number of ether oxygens (including phenoxy) is 1. The lowest BCUT2D eigenvalue weighted by Crippen LogP contribution is -2.33. The number of benzene rings is 2. The van der Waals surface area contributed by atoms with E-state index in [2.05, 4.69) is 20.8 Å². The van der Waals surface area contributed by atoms with Crippen LogP contribution in [0.2, 0.25) is 0 Å². The van der Waals surface area contributed by atoms with Gasteiger partial charge in [0.1, 0.15) is 11.4 Å². The molecule has 2 N–H and O–H groups in total. The Balaban J connectivity index is 1.47. The molecule has 0 aliphatic rings. The van der Waals surface area contributed by atoms with Gasteiger partial charge < -0.3 is 15.4 Å². The van der Waals surface area contributed by atoms with Gasteiger partial charge in [-0.1, -0.05) is 30.3 Å². The summed E-state index contributed by atoms with van der Waals surface area (Å²) in [5.41, 5.74) is 2.83. The molecule has 9 heteroatoms. The van der Waals surface area contributed by atoms with Crippen molar-refractivity contribution in [1.29, 1.82) is 0 Å². The number of anilines is 1. The van der Waals surface area contributed by atoms with Gasteiger partial charge in [-0.3, -0.25) is 9.20 Å². The predicted molar refractivity (Wildman–Crippen MR) is 135 cm³/mol. The summed E-state index contributed by atoms with van der Waals surface area (Å²) < 4.78 is 7.18. The minimum Gasteiger partial charge on any atom is -0.444 e. The van der Waals surface area contributed by atoms with E-state index in [1.165, 1.54) is 0 Å². The van der Waals surface area contributed by atoms with Crippen molar-refractivity contribution < 1.29 is 14.3 Å². The van der Waals surface area contributed by atoms with Crippen molar-refractivity contribution >= 4 is 34.4 Å². The maximum absolute atomic E-state index is 12.9. The van der Waals surface area contributed by atoms with Gasteiger partial charge in [0.2, 0.25) is 5.65 Å². The molecule has 0 bridgehead atoms. The van der Waals surface area contributed by atoms with Crippen molar-refractivity contribution in [1.82, 2.24) is 24.9 Å². The largest absolute Gasteiger partial charge is 0.444 e. The Labute approximate surface area is 203 Å². The summed E-state index contributed by atoms with van der Waals surface area (Å²) in [5.74, 6) is 1.28. The molecule has 1 amide bonds. The van der Waals surface area contributed by atoms with Crippen LogP contribution >= 0.6 is 0 Å². The summed E-state index contributed by atoms with van der Waals surface area (Å²) in [6.07, 6.45) is 1.17. The number of hydrogen-bond donors (Lipinski definition) is 2. The van der Waals surface area contributed by atoms with Crippen molar-refractivity contribution in [2.24, 2.45) is 0 Å². The number of ketones is 1. The average Bonchev–Trinajstić information content (AvgIpc) is 3.21. The van der Waals surface area contributed by atoms with Crippen molar-refractivity contribution in [2.45, 2.75) is 46.1 Å². The van der Waals surface area contributed by atoms with Crippen LogP contribution in [0.5, 0.6) is 0 Å². The normalized spacial score (nSPS) is 11.5. The quantitative estimate of drug-likeness (QED) is 0.285. The van der Waals surface area contributed by atoms with Crippen LogP contribution in [-0.4, -0.2) is 50.1 Å². The molecular formula is C26H30N6O3. The fraction of sp³-hybridized carbons (Fsp3) is 0.346. The first-order valence-corrected chi connectivity index (χ1v) is 11.7. The number of alkyl carbamates (subject to hydrolysis) is 1. The summed E-state index contributed by atoms with van der Waals surface area (Å²) in [6, 6.07) is 14.7. The average molecular weight is 475 g/mol. The van der Waals surface area contributed by atoms with E-state index in [1.54, 1.807) is 18.2 Å². The van der Waals surface area contributed by atoms with Crippen molar-refractivity contribution in [2.75, 3.05) is 18.4 Å². The van der Waals surface area contributed by atoms with E-state index < -0.39 is 11.7 Å². The van der Waals surface area contributed by atoms with Gasteiger partial charge in [0.05, 0.1) is 11.0 Å². The minimum atomic E-state index is -0.513. The molecule has 182 valence electrons. The predicted octanol–water partition coefficient (Wildman–Crippen LogP) is 4.53. The smallest absolute Gasteiger partial charge is 0.407 e. The molecular weight excluding hydrogens is 444 g/mol. The third-order valence-electron chi connectivity index (χ3n) is 5.35. The van der Waals surface area contributed by atoms with Gasteiger partial charge in [0.25, 0.3) is 0 Å². The number of nitrogens with zero attached hydrogens (tertiary/aromatic N) is 4. The molecule has 0 aliphatic carbocycles.